The number of hydrogen-bond acceptors (Lipinski definition) is 3. The van der Waals surface area contributed by atoms with Gasteiger partial charge in [0.2, 0.25) is 0 Å². The van der Waals surface area contributed by atoms with E-state index in [1.165, 1.54) is 19.2 Å². The molecule has 0 aliphatic rings. The first-order valence-corrected chi connectivity index (χ1v) is 7.51. The highest BCUT2D eigenvalue weighted by Crippen LogP contribution is 2.21. The van der Waals surface area contributed by atoms with Crippen LogP contribution in [0.25, 0.3) is 0 Å². The molecule has 0 aromatic heterocycles. The molecule has 1 aromatic rings. The molecule has 4 nitrogen and oxygen atoms in total. The Morgan fingerprint density at radius 3 is 2.45 bits per heavy atom. The molecular weight excluding hydrogens is 279 g/mol. The van der Waals surface area contributed by atoms with Crippen molar-refractivity contribution in [1.82, 2.24) is 10.0 Å². The predicted molar refractivity (Wildman–Crippen MR) is 79.2 cm³/mol. The fourth-order valence-corrected chi connectivity index (χ4v) is 2.34. The van der Waals surface area contributed by atoms with Crippen LogP contribution in [-0.4, -0.2) is 22.3 Å². The van der Waals surface area contributed by atoms with Gasteiger partial charge in [-0.25, -0.2) is 4.39 Å². The number of rotatable bonds is 4. The monoisotopic (exact) mass is 300 g/mol. The summed E-state index contributed by atoms with van der Waals surface area (Å²) in [7, 11) is 1.45. The van der Waals surface area contributed by atoms with E-state index in [0.717, 1.165) is 0 Å². The van der Waals surface area contributed by atoms with Gasteiger partial charge in [-0.3, -0.25) is 4.79 Å². The van der Waals surface area contributed by atoms with Crippen LogP contribution in [0.5, 0.6) is 0 Å². The molecule has 0 aliphatic heterocycles. The zero-order valence-corrected chi connectivity index (χ0v) is 13.2. The van der Waals surface area contributed by atoms with Crippen LogP contribution in [0.15, 0.2) is 18.2 Å². The third-order valence-corrected chi connectivity index (χ3v) is 4.48. The van der Waals surface area contributed by atoms with Crippen LogP contribution in [0.2, 0.25) is 0 Å². The van der Waals surface area contributed by atoms with Crippen molar-refractivity contribution in [3.05, 3.63) is 35.1 Å². The van der Waals surface area contributed by atoms with Crippen LogP contribution in [0.1, 0.15) is 49.7 Å². The summed E-state index contributed by atoms with van der Waals surface area (Å²) in [6.07, 6.45) is 0. The van der Waals surface area contributed by atoms with Crippen LogP contribution >= 0.6 is 0 Å². The van der Waals surface area contributed by atoms with Gasteiger partial charge in [0.15, 0.2) is 0 Å². The van der Waals surface area contributed by atoms with Gasteiger partial charge in [-0.05, 0) is 45.4 Å². The zero-order chi connectivity index (χ0) is 15.5. The molecule has 6 heteroatoms. The van der Waals surface area contributed by atoms with Gasteiger partial charge in [-0.2, -0.15) is 0 Å². The lowest BCUT2D eigenvalue weighted by molar-refractivity contribution is 0.0959. The normalized spacial score (nSPS) is 14.8. The zero-order valence-electron chi connectivity index (χ0n) is 12.4. The number of hydrogen-bond donors (Lipinski definition) is 2. The maximum atomic E-state index is 13.9. The highest BCUT2D eigenvalue weighted by Gasteiger charge is 2.28. The molecule has 112 valence electrons. The van der Waals surface area contributed by atoms with Crippen LogP contribution in [0, 0.1) is 5.82 Å². The lowest BCUT2D eigenvalue weighted by Crippen LogP contribution is -2.40. The predicted octanol–water partition coefficient (Wildman–Crippen LogP) is 2.30. The molecule has 0 saturated heterocycles. The molecule has 0 heterocycles. The van der Waals surface area contributed by atoms with Crippen molar-refractivity contribution in [2.75, 3.05) is 7.05 Å². The Labute approximate surface area is 122 Å². The quantitative estimate of drug-likeness (QED) is 0.839. The van der Waals surface area contributed by atoms with Gasteiger partial charge >= 0.3 is 0 Å². The second kappa shape index (κ2) is 6.56. The van der Waals surface area contributed by atoms with Crippen molar-refractivity contribution in [1.29, 1.82) is 0 Å². The largest absolute Gasteiger partial charge is 0.598 e. The van der Waals surface area contributed by atoms with Crippen molar-refractivity contribution in [3.8, 4) is 0 Å². The standard InChI is InChI=1S/C14H21FN2O2S/c1-9(17-20(19)14(2,3)4)10-6-7-11(12(15)8-10)13(18)16-5/h6-9,17H,1-5H3,(H,16,18). The van der Waals surface area contributed by atoms with E-state index in [1.54, 1.807) is 13.0 Å². The Bertz CT molecular complexity index is 489. The number of carbonyl (C=O) groups is 1. The molecular formula is C14H21FN2O2S. The van der Waals surface area contributed by atoms with Crippen molar-refractivity contribution >= 4 is 17.3 Å². The Morgan fingerprint density at radius 1 is 1.40 bits per heavy atom. The molecule has 0 aliphatic carbocycles. The highest BCUT2D eigenvalue weighted by molar-refractivity contribution is 7.90. The summed E-state index contributed by atoms with van der Waals surface area (Å²) < 4.78 is 28.4. The summed E-state index contributed by atoms with van der Waals surface area (Å²) >= 11 is -1.24. The average molecular weight is 300 g/mol. The maximum absolute atomic E-state index is 13.9. The first-order chi connectivity index (χ1) is 9.16. The molecule has 0 saturated carbocycles. The van der Waals surface area contributed by atoms with Gasteiger partial charge in [0.1, 0.15) is 10.6 Å². The van der Waals surface area contributed by atoms with E-state index in [9.17, 15) is 13.7 Å². The first-order valence-electron chi connectivity index (χ1n) is 6.36. The smallest absolute Gasteiger partial charge is 0.253 e. The van der Waals surface area contributed by atoms with E-state index in [1.807, 2.05) is 20.8 Å². The first kappa shape index (κ1) is 16.9. The molecule has 2 N–H and O–H groups in total. The molecule has 0 bridgehead atoms. The minimum atomic E-state index is -1.24. The van der Waals surface area contributed by atoms with Gasteiger partial charge in [-0.15, -0.1) is 4.72 Å². The van der Waals surface area contributed by atoms with E-state index in [-0.39, 0.29) is 11.6 Å². The topological polar surface area (TPSA) is 64.2 Å². The summed E-state index contributed by atoms with van der Waals surface area (Å²) in [6, 6.07) is 4.11. The fourth-order valence-electron chi connectivity index (χ4n) is 1.52. The molecule has 20 heavy (non-hydrogen) atoms. The summed E-state index contributed by atoms with van der Waals surface area (Å²) in [4.78, 5) is 11.4. The van der Waals surface area contributed by atoms with Crippen molar-refractivity contribution in [3.63, 3.8) is 0 Å². The minimum Gasteiger partial charge on any atom is -0.598 e. The number of amides is 1. The van der Waals surface area contributed by atoms with Gasteiger partial charge in [-0.1, -0.05) is 6.07 Å². The van der Waals surface area contributed by atoms with Crippen molar-refractivity contribution < 1.29 is 13.7 Å². The fraction of sp³-hybridized carbons (Fsp3) is 0.500. The molecule has 0 spiro atoms. The van der Waals surface area contributed by atoms with Crippen molar-refractivity contribution in [2.45, 2.75) is 38.5 Å². The third kappa shape index (κ3) is 4.19. The van der Waals surface area contributed by atoms with Crippen LogP contribution in [0.3, 0.4) is 0 Å². The summed E-state index contributed by atoms with van der Waals surface area (Å²) in [5.74, 6) is -1.05. The summed E-state index contributed by atoms with van der Waals surface area (Å²) in [6.45, 7) is 7.38. The Morgan fingerprint density at radius 2 is 2.00 bits per heavy atom. The highest BCUT2D eigenvalue weighted by atomic mass is 32.2. The second-order valence-electron chi connectivity index (χ2n) is 5.54. The lowest BCUT2D eigenvalue weighted by Gasteiger charge is -2.26. The van der Waals surface area contributed by atoms with Gasteiger partial charge in [0.05, 0.1) is 11.6 Å². The summed E-state index contributed by atoms with van der Waals surface area (Å²) in [5.41, 5.74) is 0.646. The van der Waals surface area contributed by atoms with Crippen LogP contribution in [-0.2, 0) is 11.4 Å². The molecule has 1 amide bonds. The minimum absolute atomic E-state index is 0.000365. The number of nitrogens with one attached hydrogen (secondary N) is 2. The van der Waals surface area contributed by atoms with Gasteiger partial charge in [0.25, 0.3) is 5.91 Å². The Hall–Kier alpha value is -1.11. The van der Waals surface area contributed by atoms with Crippen LogP contribution < -0.4 is 10.0 Å². The average Bonchev–Trinajstić information content (AvgIpc) is 2.36. The molecule has 0 radical (unpaired) electrons. The summed E-state index contributed by atoms with van der Waals surface area (Å²) in [5, 5.41) is 2.38. The molecule has 2 atom stereocenters. The molecule has 1 aromatic carbocycles. The van der Waals surface area contributed by atoms with E-state index in [0.29, 0.717) is 5.56 Å². The van der Waals surface area contributed by atoms with Crippen molar-refractivity contribution in [2.24, 2.45) is 0 Å². The Kier molecular flexibility index (Phi) is 5.56. The van der Waals surface area contributed by atoms with E-state index < -0.39 is 27.8 Å². The second-order valence-corrected chi connectivity index (χ2v) is 7.54. The number of carbonyl (C=O) groups excluding carboxylic acids is 1. The third-order valence-electron chi connectivity index (χ3n) is 2.80. The van der Waals surface area contributed by atoms with Crippen LogP contribution in [0.4, 0.5) is 4.39 Å². The molecule has 0 fully saturated rings. The van der Waals surface area contributed by atoms with E-state index in [2.05, 4.69) is 10.0 Å². The van der Waals surface area contributed by atoms with Gasteiger partial charge in [0, 0.05) is 18.4 Å². The SMILES string of the molecule is CNC(=O)c1ccc(C(C)N[S+]([O-])C(C)(C)C)cc1F. The number of halogens is 1. The number of benzene rings is 1. The molecule has 2 unspecified atom stereocenters. The molecule has 1 rings (SSSR count). The Balaban J connectivity index is 2.88. The van der Waals surface area contributed by atoms with E-state index in [4.69, 9.17) is 0 Å². The van der Waals surface area contributed by atoms with Gasteiger partial charge < -0.3 is 9.87 Å². The van der Waals surface area contributed by atoms with E-state index >= 15 is 0 Å². The lowest BCUT2D eigenvalue weighted by atomic mass is 10.1. The maximum Gasteiger partial charge on any atom is 0.253 e.